The van der Waals surface area contributed by atoms with E-state index < -0.39 is 41.6 Å². The van der Waals surface area contributed by atoms with Crippen molar-refractivity contribution in [1.29, 1.82) is 0 Å². The zero-order chi connectivity index (χ0) is 15.8. The lowest BCUT2D eigenvalue weighted by molar-refractivity contribution is -0.265. The van der Waals surface area contributed by atoms with Crippen molar-refractivity contribution in [1.82, 2.24) is 5.32 Å². The number of hydrogen-bond donors (Lipinski definition) is 2. The lowest BCUT2D eigenvalue weighted by Gasteiger charge is -2.27. The molecule has 0 heterocycles. The average molecular weight is 305 g/mol. The van der Waals surface area contributed by atoms with Crippen molar-refractivity contribution >= 4 is 0 Å². The van der Waals surface area contributed by atoms with Crippen LogP contribution in [0.25, 0.3) is 0 Å². The van der Waals surface area contributed by atoms with Gasteiger partial charge in [0.2, 0.25) is 5.72 Å². The third-order valence-corrected chi connectivity index (χ3v) is 2.56. The van der Waals surface area contributed by atoms with E-state index in [4.69, 9.17) is 5.11 Å². The van der Waals surface area contributed by atoms with Gasteiger partial charge in [-0.25, -0.2) is 4.39 Å². The Labute approximate surface area is 109 Å². The Morgan fingerprint density at radius 3 is 2.05 bits per heavy atom. The SMILES string of the molecule is CC(O)(NCc1ccc(C(F)(F)F)cc1F)C(F)(F)F. The minimum absolute atomic E-state index is 0.180. The summed E-state index contributed by atoms with van der Waals surface area (Å²) in [6, 6.07) is 1.43. The molecule has 0 aliphatic carbocycles. The van der Waals surface area contributed by atoms with E-state index in [0.717, 1.165) is 0 Å². The van der Waals surface area contributed by atoms with Crippen LogP contribution in [-0.2, 0) is 12.7 Å². The maximum Gasteiger partial charge on any atom is 0.430 e. The molecule has 0 radical (unpaired) electrons. The second kappa shape index (κ2) is 5.21. The predicted molar refractivity (Wildman–Crippen MR) is 54.9 cm³/mol. The molecule has 0 aromatic heterocycles. The highest BCUT2D eigenvalue weighted by Crippen LogP contribution is 2.31. The van der Waals surface area contributed by atoms with Gasteiger partial charge in [-0.2, -0.15) is 26.3 Å². The third-order valence-electron chi connectivity index (χ3n) is 2.56. The third kappa shape index (κ3) is 3.83. The second-order valence-corrected chi connectivity index (χ2v) is 4.23. The van der Waals surface area contributed by atoms with Gasteiger partial charge < -0.3 is 5.11 Å². The normalized spacial score (nSPS) is 16.1. The van der Waals surface area contributed by atoms with Crippen molar-refractivity contribution in [3.05, 3.63) is 35.1 Å². The molecule has 2 nitrogen and oxygen atoms in total. The maximum atomic E-state index is 13.3. The molecule has 1 aromatic rings. The first kappa shape index (κ1) is 16.7. The highest BCUT2D eigenvalue weighted by Gasteiger charge is 2.49. The minimum Gasteiger partial charge on any atom is -0.368 e. The molecule has 114 valence electrons. The molecule has 0 saturated heterocycles. The largest absolute Gasteiger partial charge is 0.430 e. The predicted octanol–water partition coefficient (Wildman–Crippen LogP) is 3.20. The summed E-state index contributed by atoms with van der Waals surface area (Å²) in [5, 5.41) is 10.7. The van der Waals surface area contributed by atoms with Crippen molar-refractivity contribution < 1.29 is 35.8 Å². The molecule has 9 heteroatoms. The lowest BCUT2D eigenvalue weighted by Crippen LogP contribution is -2.54. The fourth-order valence-corrected chi connectivity index (χ4v) is 1.23. The lowest BCUT2D eigenvalue weighted by atomic mass is 10.1. The molecule has 0 bridgehead atoms. The number of aliphatic hydroxyl groups is 1. The van der Waals surface area contributed by atoms with E-state index in [1.807, 2.05) is 0 Å². The van der Waals surface area contributed by atoms with Gasteiger partial charge in [-0.1, -0.05) is 6.07 Å². The van der Waals surface area contributed by atoms with Gasteiger partial charge in [0.1, 0.15) is 5.82 Å². The number of nitrogens with one attached hydrogen (secondary N) is 1. The van der Waals surface area contributed by atoms with Crippen molar-refractivity contribution in [2.24, 2.45) is 0 Å². The van der Waals surface area contributed by atoms with Crippen LogP contribution < -0.4 is 5.32 Å². The number of rotatable bonds is 3. The van der Waals surface area contributed by atoms with Gasteiger partial charge in [-0.15, -0.1) is 0 Å². The Morgan fingerprint density at radius 1 is 1.10 bits per heavy atom. The fraction of sp³-hybridized carbons (Fsp3) is 0.455. The number of benzene rings is 1. The van der Waals surface area contributed by atoms with Crippen LogP contribution in [0.1, 0.15) is 18.1 Å². The summed E-state index contributed by atoms with van der Waals surface area (Å²) in [5.74, 6) is -1.31. The first-order valence-electron chi connectivity index (χ1n) is 5.24. The van der Waals surface area contributed by atoms with E-state index >= 15 is 0 Å². The summed E-state index contributed by atoms with van der Waals surface area (Å²) >= 11 is 0. The molecule has 2 N–H and O–H groups in total. The molecule has 0 spiro atoms. The Kier molecular flexibility index (Phi) is 4.35. The molecular weight excluding hydrogens is 295 g/mol. The first-order valence-corrected chi connectivity index (χ1v) is 5.24. The van der Waals surface area contributed by atoms with Crippen molar-refractivity contribution in [3.63, 3.8) is 0 Å². The van der Waals surface area contributed by atoms with E-state index in [-0.39, 0.29) is 6.07 Å². The fourth-order valence-electron chi connectivity index (χ4n) is 1.23. The Hall–Kier alpha value is -1.35. The molecule has 0 saturated carbocycles. The molecule has 0 aliphatic heterocycles. The standard InChI is InChI=1S/C11H10F7NO/c1-9(20,11(16,17)18)19-5-6-2-3-7(4-8(6)12)10(13,14)15/h2-4,19-20H,5H2,1H3. The van der Waals surface area contributed by atoms with Crippen molar-refractivity contribution in [2.75, 3.05) is 0 Å². The summed E-state index contributed by atoms with van der Waals surface area (Å²) in [6.45, 7) is -0.370. The Morgan fingerprint density at radius 2 is 1.65 bits per heavy atom. The Balaban J connectivity index is 2.86. The zero-order valence-electron chi connectivity index (χ0n) is 10.0. The molecular formula is C11H10F7NO. The molecule has 0 fully saturated rings. The summed E-state index contributed by atoms with van der Waals surface area (Å²) < 4.78 is 87.0. The summed E-state index contributed by atoms with van der Waals surface area (Å²) in [6.07, 6.45) is -9.75. The first-order chi connectivity index (χ1) is 8.84. The van der Waals surface area contributed by atoms with Gasteiger partial charge in [0.25, 0.3) is 0 Å². The molecule has 0 aliphatic rings. The highest BCUT2D eigenvalue weighted by molar-refractivity contribution is 5.26. The maximum absolute atomic E-state index is 13.3. The van der Waals surface area contributed by atoms with Gasteiger partial charge in [-0.3, -0.25) is 5.32 Å². The van der Waals surface area contributed by atoms with E-state index in [2.05, 4.69) is 0 Å². The van der Waals surface area contributed by atoms with Gasteiger partial charge in [0.05, 0.1) is 5.56 Å². The van der Waals surface area contributed by atoms with E-state index in [1.54, 1.807) is 5.32 Å². The highest BCUT2D eigenvalue weighted by atomic mass is 19.4. The molecule has 1 atom stereocenters. The number of alkyl halides is 6. The summed E-state index contributed by atoms with van der Waals surface area (Å²) in [7, 11) is 0. The molecule has 1 unspecified atom stereocenters. The Bertz CT molecular complexity index is 479. The second-order valence-electron chi connectivity index (χ2n) is 4.23. The molecule has 20 heavy (non-hydrogen) atoms. The minimum atomic E-state index is -5.00. The zero-order valence-corrected chi connectivity index (χ0v) is 10.0. The van der Waals surface area contributed by atoms with E-state index in [9.17, 15) is 30.7 Å². The van der Waals surface area contributed by atoms with Gasteiger partial charge in [0, 0.05) is 12.1 Å². The van der Waals surface area contributed by atoms with Crippen LogP contribution in [0, 0.1) is 5.82 Å². The van der Waals surface area contributed by atoms with Crippen LogP contribution in [-0.4, -0.2) is 17.0 Å². The van der Waals surface area contributed by atoms with Gasteiger partial charge >= 0.3 is 12.4 Å². The molecule has 1 aromatic carbocycles. The quantitative estimate of drug-likeness (QED) is 0.664. The molecule has 1 rings (SSSR count). The van der Waals surface area contributed by atoms with Crippen LogP contribution in [0.2, 0.25) is 0 Å². The monoisotopic (exact) mass is 305 g/mol. The van der Waals surface area contributed by atoms with E-state index in [0.29, 0.717) is 19.1 Å². The van der Waals surface area contributed by atoms with Crippen LogP contribution in [0.15, 0.2) is 18.2 Å². The van der Waals surface area contributed by atoms with Gasteiger partial charge in [-0.05, 0) is 19.1 Å². The topological polar surface area (TPSA) is 32.3 Å². The van der Waals surface area contributed by atoms with Crippen LogP contribution in [0.4, 0.5) is 30.7 Å². The van der Waals surface area contributed by atoms with Crippen molar-refractivity contribution in [3.8, 4) is 0 Å². The molecule has 0 amide bonds. The van der Waals surface area contributed by atoms with Crippen LogP contribution in [0.3, 0.4) is 0 Å². The van der Waals surface area contributed by atoms with Crippen LogP contribution >= 0.6 is 0 Å². The number of halogens is 7. The number of hydrogen-bond acceptors (Lipinski definition) is 2. The van der Waals surface area contributed by atoms with Crippen LogP contribution in [0.5, 0.6) is 0 Å². The van der Waals surface area contributed by atoms with Gasteiger partial charge in [0.15, 0.2) is 0 Å². The summed E-state index contributed by atoms with van der Waals surface area (Å²) in [4.78, 5) is 0. The smallest absolute Gasteiger partial charge is 0.368 e. The summed E-state index contributed by atoms with van der Waals surface area (Å²) in [5.41, 5.74) is -4.95. The van der Waals surface area contributed by atoms with Crippen molar-refractivity contribution in [2.45, 2.75) is 31.5 Å². The van der Waals surface area contributed by atoms with E-state index in [1.165, 1.54) is 0 Å². The average Bonchev–Trinajstić information content (AvgIpc) is 2.24.